The van der Waals surface area contributed by atoms with Crippen LogP contribution in [0.3, 0.4) is 0 Å². The van der Waals surface area contributed by atoms with Crippen LogP contribution >= 0.6 is 0 Å². The van der Waals surface area contributed by atoms with Crippen LogP contribution in [0, 0.1) is 13.8 Å². The van der Waals surface area contributed by atoms with Gasteiger partial charge in [-0.2, -0.15) is 4.68 Å². The number of rotatable bonds is 4. The molecule has 8 nitrogen and oxygen atoms in total. The minimum absolute atomic E-state index is 0.117. The van der Waals surface area contributed by atoms with Crippen LogP contribution < -0.4 is 10.9 Å². The van der Waals surface area contributed by atoms with Crippen LogP contribution in [0.15, 0.2) is 59.7 Å². The monoisotopic (exact) mass is 374 g/mol. The second-order valence-electron chi connectivity index (χ2n) is 6.55. The summed E-state index contributed by atoms with van der Waals surface area (Å²) < 4.78 is 2.73. The third-order valence-electron chi connectivity index (χ3n) is 4.41. The van der Waals surface area contributed by atoms with Crippen molar-refractivity contribution in [1.29, 1.82) is 0 Å². The van der Waals surface area contributed by atoms with Crippen LogP contribution in [0.1, 0.15) is 11.1 Å². The molecule has 0 saturated carbocycles. The second kappa shape index (κ2) is 7.07. The Hall–Kier alpha value is -3.81. The first-order valence-corrected chi connectivity index (χ1v) is 8.76. The van der Waals surface area contributed by atoms with E-state index in [2.05, 4.69) is 20.6 Å². The number of amides is 1. The fourth-order valence-electron chi connectivity index (χ4n) is 2.91. The summed E-state index contributed by atoms with van der Waals surface area (Å²) in [5.74, 6) is -0.313. The predicted molar refractivity (Wildman–Crippen MR) is 105 cm³/mol. The third kappa shape index (κ3) is 3.27. The van der Waals surface area contributed by atoms with Gasteiger partial charge in [0.2, 0.25) is 5.91 Å². The lowest BCUT2D eigenvalue weighted by molar-refractivity contribution is -0.116. The topological polar surface area (TPSA) is 94.7 Å². The third-order valence-corrected chi connectivity index (χ3v) is 4.41. The summed E-state index contributed by atoms with van der Waals surface area (Å²) >= 11 is 0. The second-order valence-corrected chi connectivity index (χ2v) is 6.55. The van der Waals surface area contributed by atoms with E-state index in [4.69, 9.17) is 0 Å². The van der Waals surface area contributed by atoms with E-state index in [9.17, 15) is 9.59 Å². The van der Waals surface area contributed by atoms with E-state index in [-0.39, 0.29) is 18.0 Å². The van der Waals surface area contributed by atoms with Gasteiger partial charge in [-0.05, 0) is 43.2 Å². The molecule has 0 bridgehead atoms. The molecule has 0 saturated heterocycles. The Morgan fingerprint density at radius 1 is 1.11 bits per heavy atom. The van der Waals surface area contributed by atoms with Gasteiger partial charge in [0.05, 0.1) is 5.69 Å². The molecule has 2 aromatic heterocycles. The summed E-state index contributed by atoms with van der Waals surface area (Å²) in [6.07, 6.45) is 1.34. The van der Waals surface area contributed by atoms with Gasteiger partial charge in [0, 0.05) is 5.69 Å². The van der Waals surface area contributed by atoms with Crippen molar-refractivity contribution in [2.75, 3.05) is 5.32 Å². The molecule has 0 spiro atoms. The van der Waals surface area contributed by atoms with Crippen LogP contribution in [-0.2, 0) is 11.3 Å². The molecule has 140 valence electrons. The van der Waals surface area contributed by atoms with Gasteiger partial charge in [-0.25, -0.2) is 4.98 Å². The highest BCUT2D eigenvalue weighted by atomic mass is 16.2. The molecule has 2 aromatic carbocycles. The van der Waals surface area contributed by atoms with Crippen molar-refractivity contribution in [3.05, 3.63) is 76.3 Å². The number of nitrogens with zero attached hydrogens (tertiary/aromatic N) is 5. The number of anilines is 1. The zero-order valence-corrected chi connectivity index (χ0v) is 15.5. The molecule has 0 atom stereocenters. The van der Waals surface area contributed by atoms with Gasteiger partial charge in [-0.15, -0.1) is 5.10 Å². The van der Waals surface area contributed by atoms with E-state index in [1.54, 1.807) is 0 Å². The molecule has 0 fully saturated rings. The zero-order chi connectivity index (χ0) is 19.7. The van der Waals surface area contributed by atoms with Crippen LogP contribution in [0.2, 0.25) is 0 Å². The Labute approximate surface area is 160 Å². The van der Waals surface area contributed by atoms with Crippen molar-refractivity contribution < 1.29 is 4.79 Å². The first kappa shape index (κ1) is 17.6. The number of carbonyl (C=O) groups excluding carboxylic acids is 1. The highest BCUT2D eigenvalue weighted by Crippen LogP contribution is 2.16. The molecule has 4 aromatic rings. The van der Waals surface area contributed by atoms with Crippen molar-refractivity contribution in [2.24, 2.45) is 0 Å². The van der Waals surface area contributed by atoms with Gasteiger partial charge in [0.15, 0.2) is 11.2 Å². The Kier molecular flexibility index (Phi) is 4.44. The Bertz CT molecular complexity index is 1230. The smallest absolute Gasteiger partial charge is 0.284 e. The fourth-order valence-corrected chi connectivity index (χ4v) is 2.91. The van der Waals surface area contributed by atoms with Gasteiger partial charge in [0.1, 0.15) is 12.9 Å². The van der Waals surface area contributed by atoms with Gasteiger partial charge in [0.25, 0.3) is 5.56 Å². The maximum Gasteiger partial charge on any atom is 0.284 e. The van der Waals surface area contributed by atoms with Crippen molar-refractivity contribution in [2.45, 2.75) is 20.4 Å². The predicted octanol–water partition coefficient (Wildman–Crippen LogP) is 2.23. The fraction of sp³-hybridized carbons (Fsp3) is 0.150. The normalized spacial score (nSPS) is 10.9. The van der Waals surface area contributed by atoms with Gasteiger partial charge < -0.3 is 5.32 Å². The van der Waals surface area contributed by atoms with Crippen LogP contribution in [0.25, 0.3) is 16.9 Å². The SMILES string of the molecule is Cc1ccc(C)c(NC(=O)Cn2cnc3c(nnn3-c3ccccc3)c2=O)c1. The van der Waals surface area contributed by atoms with Gasteiger partial charge >= 0.3 is 0 Å². The number of hydrogen-bond acceptors (Lipinski definition) is 5. The number of benzene rings is 2. The summed E-state index contributed by atoms with van der Waals surface area (Å²) in [4.78, 5) is 29.4. The largest absolute Gasteiger partial charge is 0.324 e. The summed E-state index contributed by atoms with van der Waals surface area (Å²) in [7, 11) is 0. The molecule has 8 heteroatoms. The van der Waals surface area contributed by atoms with Crippen molar-refractivity contribution in [3.8, 4) is 5.69 Å². The average molecular weight is 374 g/mol. The number of aryl methyl sites for hydroxylation is 2. The van der Waals surface area contributed by atoms with E-state index < -0.39 is 5.56 Å². The minimum Gasteiger partial charge on any atom is -0.324 e. The number of fused-ring (bicyclic) bond motifs is 1. The number of hydrogen-bond donors (Lipinski definition) is 1. The summed E-state index contributed by atoms with van der Waals surface area (Å²) in [5, 5.41) is 10.8. The standard InChI is InChI=1S/C20H18N6O2/c1-13-8-9-14(2)16(10-13)22-17(27)11-25-12-21-19-18(20(25)28)23-24-26(19)15-6-4-3-5-7-15/h3-10,12H,11H2,1-2H3,(H,22,27). The molecule has 0 aliphatic carbocycles. The lowest BCUT2D eigenvalue weighted by Gasteiger charge is -2.10. The number of para-hydroxylation sites is 1. The van der Waals surface area contributed by atoms with E-state index in [1.165, 1.54) is 15.6 Å². The number of aromatic nitrogens is 5. The highest BCUT2D eigenvalue weighted by molar-refractivity contribution is 5.91. The quantitative estimate of drug-likeness (QED) is 0.591. The van der Waals surface area contributed by atoms with Crippen molar-refractivity contribution >= 4 is 22.8 Å². The first-order chi connectivity index (χ1) is 13.5. The van der Waals surface area contributed by atoms with Crippen LogP contribution in [-0.4, -0.2) is 30.5 Å². The lowest BCUT2D eigenvalue weighted by Crippen LogP contribution is -2.28. The van der Waals surface area contributed by atoms with Crippen molar-refractivity contribution in [1.82, 2.24) is 24.5 Å². The Morgan fingerprint density at radius 2 is 1.89 bits per heavy atom. The maximum atomic E-state index is 12.7. The summed E-state index contributed by atoms with van der Waals surface area (Å²) in [6, 6.07) is 15.1. The molecule has 1 amide bonds. The van der Waals surface area contributed by atoms with Gasteiger partial charge in [-0.1, -0.05) is 35.5 Å². The zero-order valence-electron chi connectivity index (χ0n) is 15.5. The highest BCUT2D eigenvalue weighted by Gasteiger charge is 2.15. The molecule has 0 aliphatic heterocycles. The molecular formula is C20H18N6O2. The Balaban J connectivity index is 1.61. The van der Waals surface area contributed by atoms with Gasteiger partial charge in [-0.3, -0.25) is 14.2 Å². The minimum atomic E-state index is -0.414. The van der Waals surface area contributed by atoms with E-state index in [0.29, 0.717) is 5.65 Å². The summed E-state index contributed by atoms with van der Waals surface area (Å²) in [6.45, 7) is 3.71. The van der Waals surface area contributed by atoms with E-state index in [1.807, 2.05) is 62.4 Å². The molecule has 0 unspecified atom stereocenters. The molecule has 28 heavy (non-hydrogen) atoms. The summed E-state index contributed by atoms with van der Waals surface area (Å²) in [5.41, 5.74) is 3.52. The number of nitrogens with one attached hydrogen (secondary N) is 1. The molecule has 1 N–H and O–H groups in total. The van der Waals surface area contributed by atoms with Crippen LogP contribution in [0.5, 0.6) is 0 Å². The van der Waals surface area contributed by atoms with Crippen molar-refractivity contribution in [3.63, 3.8) is 0 Å². The average Bonchev–Trinajstić information content (AvgIpc) is 3.12. The molecular weight excluding hydrogens is 356 g/mol. The molecule has 0 radical (unpaired) electrons. The molecule has 4 rings (SSSR count). The van der Waals surface area contributed by atoms with E-state index >= 15 is 0 Å². The number of carbonyl (C=O) groups is 1. The van der Waals surface area contributed by atoms with E-state index in [0.717, 1.165) is 22.5 Å². The lowest BCUT2D eigenvalue weighted by atomic mass is 10.1. The maximum absolute atomic E-state index is 12.7. The molecule has 2 heterocycles. The Morgan fingerprint density at radius 3 is 2.68 bits per heavy atom. The van der Waals surface area contributed by atoms with Crippen LogP contribution in [0.4, 0.5) is 5.69 Å². The first-order valence-electron chi connectivity index (χ1n) is 8.76. The molecule has 0 aliphatic rings.